The Hall–Kier alpha value is -1.55. The van der Waals surface area contributed by atoms with Crippen LogP contribution in [0.5, 0.6) is 0 Å². The lowest BCUT2D eigenvalue weighted by molar-refractivity contribution is 0.389. The minimum Gasteiger partial charge on any atom is -0.375 e. The molecule has 2 bridgehead atoms. The van der Waals surface area contributed by atoms with Gasteiger partial charge in [-0.2, -0.15) is 0 Å². The highest BCUT2D eigenvalue weighted by Crippen LogP contribution is 2.50. The van der Waals surface area contributed by atoms with Crippen molar-refractivity contribution < 1.29 is 0 Å². The molecule has 1 fully saturated rings. The topological polar surface area (TPSA) is 42.1 Å². The summed E-state index contributed by atoms with van der Waals surface area (Å²) in [5.41, 5.74) is 9.83. The number of thiazole rings is 1. The summed E-state index contributed by atoms with van der Waals surface area (Å²) in [5, 5.41) is 0.729. The number of aromatic nitrogens is 1. The molecule has 2 unspecified atom stereocenters. The van der Waals surface area contributed by atoms with Gasteiger partial charge in [0.05, 0.1) is 16.6 Å². The number of nitrogens with two attached hydrogens (primary N) is 1. The largest absolute Gasteiger partial charge is 0.375 e. The van der Waals surface area contributed by atoms with Crippen molar-refractivity contribution in [1.29, 1.82) is 0 Å². The van der Waals surface area contributed by atoms with E-state index in [2.05, 4.69) is 41.1 Å². The molecule has 3 nitrogen and oxygen atoms in total. The average Bonchev–Trinajstić information content (AvgIpc) is 2.83. The monoisotopic (exact) mass is 271 g/mol. The van der Waals surface area contributed by atoms with E-state index in [1.165, 1.54) is 34.7 Å². The quantitative estimate of drug-likeness (QED) is 0.863. The molecule has 98 valence electrons. The van der Waals surface area contributed by atoms with Crippen molar-refractivity contribution in [1.82, 2.24) is 4.98 Å². The normalized spacial score (nSPS) is 24.6. The van der Waals surface area contributed by atoms with Crippen molar-refractivity contribution in [2.75, 3.05) is 17.2 Å². The fraction of sp³-hybridized carbons (Fsp3) is 0.400. The van der Waals surface area contributed by atoms with E-state index in [9.17, 15) is 0 Å². The highest BCUT2D eigenvalue weighted by atomic mass is 32.1. The van der Waals surface area contributed by atoms with E-state index in [0.29, 0.717) is 12.0 Å². The average molecular weight is 271 g/mol. The Bertz CT molecular complexity index is 617. The second kappa shape index (κ2) is 3.97. The van der Waals surface area contributed by atoms with Crippen LogP contribution >= 0.6 is 11.3 Å². The van der Waals surface area contributed by atoms with Crippen molar-refractivity contribution in [3.8, 4) is 0 Å². The molecule has 0 amide bonds. The molecule has 0 saturated carbocycles. The molecule has 2 atom stereocenters. The van der Waals surface area contributed by atoms with Gasteiger partial charge in [0.15, 0.2) is 5.13 Å². The van der Waals surface area contributed by atoms with Gasteiger partial charge in [0.2, 0.25) is 0 Å². The second-order valence-electron chi connectivity index (χ2n) is 5.58. The van der Waals surface area contributed by atoms with E-state index in [-0.39, 0.29) is 0 Å². The lowest BCUT2D eigenvalue weighted by Gasteiger charge is -2.45. The van der Waals surface area contributed by atoms with Crippen LogP contribution in [0.1, 0.15) is 40.9 Å². The zero-order valence-electron chi connectivity index (χ0n) is 11.0. The van der Waals surface area contributed by atoms with E-state index < -0.39 is 0 Å². The summed E-state index contributed by atoms with van der Waals surface area (Å²) in [4.78, 5) is 8.48. The highest BCUT2D eigenvalue weighted by Gasteiger charge is 2.40. The third kappa shape index (κ3) is 1.66. The number of fused-ring (bicyclic) bond motifs is 2. The second-order valence-corrected chi connectivity index (χ2v) is 6.64. The van der Waals surface area contributed by atoms with Gasteiger partial charge in [-0.15, -0.1) is 0 Å². The number of nitrogens with zero attached hydrogens (tertiary/aromatic N) is 2. The molecule has 2 aliphatic heterocycles. The molecule has 1 aliphatic carbocycles. The van der Waals surface area contributed by atoms with Crippen LogP contribution in [0, 0.1) is 6.92 Å². The summed E-state index contributed by atoms with van der Waals surface area (Å²) in [6.07, 6.45) is 2.48. The molecule has 1 aromatic carbocycles. The fourth-order valence-corrected chi connectivity index (χ4v) is 4.45. The van der Waals surface area contributed by atoms with Gasteiger partial charge in [-0.1, -0.05) is 29.0 Å². The zero-order valence-corrected chi connectivity index (χ0v) is 11.8. The predicted octanol–water partition coefficient (Wildman–Crippen LogP) is 3.47. The zero-order chi connectivity index (χ0) is 13.0. The summed E-state index contributed by atoms with van der Waals surface area (Å²) >= 11 is 1.68. The van der Waals surface area contributed by atoms with Crippen LogP contribution in [0.4, 0.5) is 10.8 Å². The molecule has 3 heterocycles. The van der Waals surface area contributed by atoms with E-state index >= 15 is 0 Å². The number of rotatable bonds is 1. The van der Waals surface area contributed by atoms with Crippen LogP contribution < -0.4 is 10.6 Å². The van der Waals surface area contributed by atoms with Gasteiger partial charge in [0.1, 0.15) is 0 Å². The molecular formula is C15H17N3S. The minimum atomic E-state index is 0.484. The highest BCUT2D eigenvalue weighted by molar-refractivity contribution is 7.15. The SMILES string of the molecule is Cc1ccc(N2CC3CCC2c2sc(N)nc23)cc1. The molecule has 3 aliphatic rings. The minimum absolute atomic E-state index is 0.484. The summed E-state index contributed by atoms with van der Waals surface area (Å²) in [7, 11) is 0. The third-order valence-corrected chi connectivity index (χ3v) is 5.34. The Morgan fingerprint density at radius 2 is 2.05 bits per heavy atom. The van der Waals surface area contributed by atoms with Crippen LogP contribution in [-0.2, 0) is 0 Å². The van der Waals surface area contributed by atoms with Gasteiger partial charge < -0.3 is 10.6 Å². The van der Waals surface area contributed by atoms with Gasteiger partial charge in [-0.05, 0) is 31.9 Å². The Morgan fingerprint density at radius 1 is 1.26 bits per heavy atom. The molecule has 0 spiro atoms. The first-order valence-corrected chi connectivity index (χ1v) is 7.63. The lowest BCUT2D eigenvalue weighted by atomic mass is 9.81. The van der Waals surface area contributed by atoms with Crippen molar-refractivity contribution in [2.45, 2.75) is 31.7 Å². The van der Waals surface area contributed by atoms with E-state index in [0.717, 1.165) is 11.7 Å². The number of hydrogen-bond donors (Lipinski definition) is 1. The number of anilines is 2. The number of nitrogen functional groups attached to an aromatic ring is 1. The Balaban J connectivity index is 1.76. The van der Waals surface area contributed by atoms with Gasteiger partial charge in [0.25, 0.3) is 0 Å². The van der Waals surface area contributed by atoms with E-state index in [4.69, 9.17) is 5.73 Å². The van der Waals surface area contributed by atoms with Crippen LogP contribution in [-0.4, -0.2) is 11.5 Å². The van der Waals surface area contributed by atoms with E-state index in [1.54, 1.807) is 11.3 Å². The number of piperidine rings is 1. The maximum absolute atomic E-state index is 5.90. The van der Waals surface area contributed by atoms with Crippen LogP contribution in [0.3, 0.4) is 0 Å². The maximum atomic E-state index is 5.90. The first kappa shape index (κ1) is 11.3. The molecule has 2 N–H and O–H groups in total. The number of benzene rings is 1. The fourth-order valence-electron chi connectivity index (χ4n) is 3.38. The molecule has 1 saturated heterocycles. The van der Waals surface area contributed by atoms with Gasteiger partial charge >= 0.3 is 0 Å². The Morgan fingerprint density at radius 3 is 2.84 bits per heavy atom. The summed E-state index contributed by atoms with van der Waals surface area (Å²) in [6.45, 7) is 3.22. The standard InChI is InChI=1S/C15H17N3S/c1-9-2-5-11(6-3-9)18-8-10-4-7-12(18)14-13(10)17-15(16)19-14/h2-3,5-6,10,12H,4,7-8H2,1H3,(H2,16,17). The van der Waals surface area contributed by atoms with Crippen molar-refractivity contribution in [2.24, 2.45) is 0 Å². The predicted molar refractivity (Wildman–Crippen MR) is 79.8 cm³/mol. The maximum Gasteiger partial charge on any atom is 0.180 e. The molecule has 5 rings (SSSR count). The van der Waals surface area contributed by atoms with Gasteiger partial charge in [-0.25, -0.2) is 4.98 Å². The molecule has 4 heteroatoms. The van der Waals surface area contributed by atoms with Crippen molar-refractivity contribution >= 4 is 22.2 Å². The summed E-state index contributed by atoms with van der Waals surface area (Å²) in [5.74, 6) is 0.565. The van der Waals surface area contributed by atoms with Gasteiger partial charge in [0, 0.05) is 18.2 Å². The Kier molecular flexibility index (Phi) is 2.36. The van der Waals surface area contributed by atoms with E-state index in [1.807, 2.05) is 0 Å². The van der Waals surface area contributed by atoms with Crippen LogP contribution in [0.25, 0.3) is 0 Å². The molecule has 19 heavy (non-hydrogen) atoms. The molecule has 2 aromatic rings. The first-order chi connectivity index (χ1) is 9.22. The number of hydrogen-bond acceptors (Lipinski definition) is 4. The van der Waals surface area contributed by atoms with Crippen LogP contribution in [0.15, 0.2) is 24.3 Å². The summed E-state index contributed by atoms with van der Waals surface area (Å²) in [6, 6.07) is 9.34. The van der Waals surface area contributed by atoms with Gasteiger partial charge in [-0.3, -0.25) is 0 Å². The third-order valence-electron chi connectivity index (χ3n) is 4.33. The molecule has 1 aromatic heterocycles. The molecule has 0 radical (unpaired) electrons. The van der Waals surface area contributed by atoms with Crippen molar-refractivity contribution in [3.63, 3.8) is 0 Å². The number of aryl methyl sites for hydroxylation is 1. The lowest BCUT2D eigenvalue weighted by Crippen LogP contribution is -2.42. The molecular weight excluding hydrogens is 254 g/mol. The summed E-state index contributed by atoms with van der Waals surface area (Å²) < 4.78 is 0. The Labute approximate surface area is 117 Å². The van der Waals surface area contributed by atoms with Crippen LogP contribution in [0.2, 0.25) is 0 Å². The first-order valence-electron chi connectivity index (χ1n) is 6.82. The van der Waals surface area contributed by atoms with Crippen molar-refractivity contribution in [3.05, 3.63) is 40.4 Å². The smallest absolute Gasteiger partial charge is 0.180 e.